The number of ether oxygens (including phenoxy) is 1. The summed E-state index contributed by atoms with van der Waals surface area (Å²) in [5.41, 5.74) is 7.50. The highest BCUT2D eigenvalue weighted by Gasteiger charge is 2.25. The highest BCUT2D eigenvalue weighted by molar-refractivity contribution is 6.35. The molecule has 2 aromatic heterocycles. The Morgan fingerprint density at radius 1 is 0.677 bits per heavy atom. The van der Waals surface area contributed by atoms with E-state index in [1.807, 2.05) is 115 Å². The number of aryl methyl sites for hydroxylation is 4. The van der Waals surface area contributed by atoms with Crippen molar-refractivity contribution >= 4 is 68.3 Å². The van der Waals surface area contributed by atoms with Gasteiger partial charge in [0.25, 0.3) is 22.9 Å². The Bertz CT molecular complexity index is 2820. The van der Waals surface area contributed by atoms with E-state index in [1.165, 1.54) is 6.07 Å². The number of hydrogen-bond donors (Lipinski definition) is 0. The molecule has 12 heteroatoms. The largest absolute Gasteiger partial charge is 0.444 e. The van der Waals surface area contributed by atoms with Gasteiger partial charge in [0.15, 0.2) is 0 Å². The zero-order valence-corrected chi connectivity index (χ0v) is 37.7. The summed E-state index contributed by atoms with van der Waals surface area (Å²) in [7, 11) is 3.51. The van der Waals surface area contributed by atoms with Crippen LogP contribution in [-0.4, -0.2) is 64.7 Å². The molecule has 0 fully saturated rings. The Hall–Kier alpha value is -6.46. The number of anilines is 2. The number of aromatic nitrogens is 2. The number of benzene rings is 4. The molecule has 3 heterocycles. The van der Waals surface area contributed by atoms with Crippen LogP contribution in [0.3, 0.4) is 0 Å². The van der Waals surface area contributed by atoms with E-state index in [1.54, 1.807) is 68.3 Å². The summed E-state index contributed by atoms with van der Waals surface area (Å²) < 4.78 is 8.86. The molecule has 4 aromatic carbocycles. The van der Waals surface area contributed by atoms with Crippen molar-refractivity contribution in [1.29, 1.82) is 0 Å². The summed E-state index contributed by atoms with van der Waals surface area (Å²) in [4.78, 5) is 68.6. The monoisotopic (exact) mass is 855 g/mol. The molecule has 6 aromatic rings. The highest BCUT2D eigenvalue weighted by Crippen LogP contribution is 2.31. The standard InChI is InChI=1S/C30H35N3O4.C20H19ClN2O2/c1-7-33-26-13-10-22(28(35)31(6)23-11-8-20(2)9-12-23)18-25(26)24(19-27(33)34)21-14-16-32(17-15-21)29(36)37-30(3,4)5;1-4-23-18-10-7-14(11-16(18)17(21)12-19(23)24)20(25)22(3)15-8-5-13(2)6-9-15/h8-14,18-19H,7,15-17H2,1-6H3;5-12H,4H2,1-3H3. The SMILES string of the molecule is CCn1c(=O)cc(C2=CCN(C(=O)OC(C)(C)C)CC2)c2cc(C(=O)N(C)c3ccc(C)cc3)ccc21.CCn1c(=O)cc(Cl)c2cc(C(=O)N(C)c3ccc(C)cc3)ccc21. The van der Waals surface area contributed by atoms with E-state index < -0.39 is 5.60 Å². The van der Waals surface area contributed by atoms with Gasteiger partial charge in [-0.1, -0.05) is 53.1 Å². The first-order valence-corrected chi connectivity index (χ1v) is 21.2. The van der Waals surface area contributed by atoms with Crippen LogP contribution in [0.15, 0.2) is 113 Å². The topological polar surface area (TPSA) is 114 Å². The fourth-order valence-corrected chi connectivity index (χ4v) is 7.72. The van der Waals surface area contributed by atoms with Crippen molar-refractivity contribution in [2.45, 2.75) is 73.6 Å². The quantitative estimate of drug-likeness (QED) is 0.158. The van der Waals surface area contributed by atoms with Crippen LogP contribution in [0, 0.1) is 13.8 Å². The lowest BCUT2D eigenvalue weighted by molar-refractivity contribution is 0.0270. The van der Waals surface area contributed by atoms with Crippen molar-refractivity contribution < 1.29 is 19.1 Å². The van der Waals surface area contributed by atoms with Crippen molar-refractivity contribution in [3.8, 4) is 0 Å². The lowest BCUT2D eigenvalue weighted by Crippen LogP contribution is -2.39. The number of carbonyl (C=O) groups is 3. The summed E-state index contributed by atoms with van der Waals surface area (Å²) in [5, 5.41) is 1.91. The summed E-state index contributed by atoms with van der Waals surface area (Å²) in [5.74, 6) is -0.254. The van der Waals surface area contributed by atoms with Crippen LogP contribution in [0.5, 0.6) is 0 Å². The third kappa shape index (κ3) is 9.84. The van der Waals surface area contributed by atoms with Crippen LogP contribution in [0.1, 0.15) is 78.4 Å². The van der Waals surface area contributed by atoms with Gasteiger partial charge >= 0.3 is 6.09 Å². The second-order valence-corrected chi connectivity index (χ2v) is 16.9. The predicted octanol–water partition coefficient (Wildman–Crippen LogP) is 9.89. The first kappa shape index (κ1) is 45.1. The van der Waals surface area contributed by atoms with Crippen molar-refractivity contribution in [3.63, 3.8) is 0 Å². The summed E-state index contributed by atoms with van der Waals surface area (Å²) in [6.07, 6.45) is 2.22. The number of amides is 3. The summed E-state index contributed by atoms with van der Waals surface area (Å²) >= 11 is 6.24. The molecule has 0 atom stereocenters. The minimum absolute atomic E-state index is 0.0867. The smallest absolute Gasteiger partial charge is 0.410 e. The average Bonchev–Trinajstić information content (AvgIpc) is 3.25. The van der Waals surface area contributed by atoms with Crippen LogP contribution in [-0.2, 0) is 17.8 Å². The molecule has 62 heavy (non-hydrogen) atoms. The van der Waals surface area contributed by atoms with E-state index in [0.29, 0.717) is 54.1 Å². The molecule has 0 N–H and O–H groups in total. The van der Waals surface area contributed by atoms with Crippen molar-refractivity contribution in [3.05, 3.63) is 157 Å². The van der Waals surface area contributed by atoms with E-state index >= 15 is 0 Å². The number of carbonyl (C=O) groups excluding carboxylic acids is 3. The van der Waals surface area contributed by atoms with Gasteiger partial charge in [-0.2, -0.15) is 0 Å². The first-order chi connectivity index (χ1) is 29.4. The molecular weight excluding hydrogens is 802 g/mol. The van der Waals surface area contributed by atoms with Crippen molar-refractivity contribution in [1.82, 2.24) is 14.0 Å². The Morgan fingerprint density at radius 2 is 1.15 bits per heavy atom. The Morgan fingerprint density at radius 3 is 1.60 bits per heavy atom. The van der Waals surface area contributed by atoms with Crippen molar-refractivity contribution in [2.24, 2.45) is 0 Å². The van der Waals surface area contributed by atoms with E-state index in [-0.39, 0.29) is 29.0 Å². The highest BCUT2D eigenvalue weighted by atomic mass is 35.5. The Kier molecular flexibility index (Phi) is 13.6. The van der Waals surface area contributed by atoms with Gasteiger partial charge in [0, 0.05) is 85.7 Å². The van der Waals surface area contributed by atoms with E-state index in [4.69, 9.17) is 16.3 Å². The van der Waals surface area contributed by atoms with Crippen LogP contribution in [0.25, 0.3) is 27.4 Å². The maximum atomic E-state index is 13.4. The van der Waals surface area contributed by atoms with Gasteiger partial charge in [-0.3, -0.25) is 19.2 Å². The first-order valence-electron chi connectivity index (χ1n) is 20.8. The molecule has 11 nitrogen and oxygen atoms in total. The lowest BCUT2D eigenvalue weighted by Gasteiger charge is -2.30. The van der Waals surface area contributed by atoms with Gasteiger partial charge in [0.2, 0.25) is 0 Å². The third-order valence-electron chi connectivity index (χ3n) is 11.0. The number of rotatable bonds is 7. The molecule has 0 bridgehead atoms. The Balaban J connectivity index is 0.000000223. The fraction of sp³-hybridized carbons (Fsp3) is 0.300. The second kappa shape index (κ2) is 18.7. The zero-order valence-electron chi connectivity index (χ0n) is 36.9. The molecule has 1 aliphatic rings. The minimum atomic E-state index is -0.559. The molecular formula is C50H54ClN5O6. The van der Waals surface area contributed by atoms with Gasteiger partial charge in [0.1, 0.15) is 5.60 Å². The molecule has 0 radical (unpaired) electrons. The molecule has 7 rings (SSSR count). The second-order valence-electron chi connectivity index (χ2n) is 16.5. The fourth-order valence-electron chi connectivity index (χ4n) is 7.48. The number of halogens is 1. The van der Waals surface area contributed by atoms with Gasteiger partial charge in [0.05, 0.1) is 16.1 Å². The maximum absolute atomic E-state index is 13.4. The lowest BCUT2D eigenvalue weighted by atomic mass is 9.95. The molecule has 0 unspecified atom stereocenters. The van der Waals surface area contributed by atoms with E-state index in [2.05, 4.69) is 0 Å². The zero-order chi connectivity index (χ0) is 45.0. The maximum Gasteiger partial charge on any atom is 0.410 e. The molecule has 0 aliphatic carbocycles. The van der Waals surface area contributed by atoms with Gasteiger partial charge in [-0.05, 0) is 127 Å². The van der Waals surface area contributed by atoms with Crippen LogP contribution >= 0.6 is 11.6 Å². The normalized spacial score (nSPS) is 12.7. The minimum Gasteiger partial charge on any atom is -0.444 e. The molecule has 322 valence electrons. The van der Waals surface area contributed by atoms with E-state index in [9.17, 15) is 24.0 Å². The van der Waals surface area contributed by atoms with Gasteiger partial charge < -0.3 is 28.6 Å². The predicted molar refractivity (Wildman–Crippen MR) is 251 cm³/mol. The summed E-state index contributed by atoms with van der Waals surface area (Å²) in [6, 6.07) is 29.4. The third-order valence-corrected chi connectivity index (χ3v) is 11.3. The van der Waals surface area contributed by atoms with Crippen LogP contribution in [0.2, 0.25) is 5.02 Å². The van der Waals surface area contributed by atoms with Gasteiger partial charge in [-0.15, -0.1) is 0 Å². The van der Waals surface area contributed by atoms with Crippen molar-refractivity contribution in [2.75, 3.05) is 37.0 Å². The summed E-state index contributed by atoms with van der Waals surface area (Å²) in [6.45, 7) is 15.4. The number of fused-ring (bicyclic) bond motifs is 2. The number of hydrogen-bond acceptors (Lipinski definition) is 6. The molecule has 0 saturated carbocycles. The molecule has 1 aliphatic heterocycles. The molecule has 0 saturated heterocycles. The molecule has 0 spiro atoms. The number of pyridine rings is 2. The average molecular weight is 856 g/mol. The van der Waals surface area contributed by atoms with E-state index in [0.717, 1.165) is 50.1 Å². The number of nitrogens with zero attached hydrogens (tertiary/aromatic N) is 5. The van der Waals surface area contributed by atoms with Crippen LogP contribution < -0.4 is 20.9 Å². The van der Waals surface area contributed by atoms with Gasteiger partial charge in [-0.25, -0.2) is 4.79 Å². The van der Waals surface area contributed by atoms with Crippen LogP contribution in [0.4, 0.5) is 16.2 Å². The molecule has 3 amide bonds. The Labute approximate surface area is 367 Å².